The first kappa shape index (κ1) is 30.2. The molecule has 0 aliphatic rings. The van der Waals surface area contributed by atoms with E-state index in [0.717, 1.165) is 77.5 Å². The first-order valence-corrected chi connectivity index (χ1v) is 18.0. The van der Waals surface area contributed by atoms with E-state index in [4.69, 9.17) is 24.4 Å². The Balaban J connectivity index is 1.22. The lowest BCUT2D eigenvalue weighted by Gasteiger charge is -2.14. The molecule has 0 amide bonds. The molecule has 0 saturated carbocycles. The molecule has 54 heavy (non-hydrogen) atoms. The molecule has 6 nitrogen and oxygen atoms in total. The van der Waals surface area contributed by atoms with Gasteiger partial charge in [0, 0.05) is 43.9 Å². The fourth-order valence-corrected chi connectivity index (χ4v) is 7.78. The van der Waals surface area contributed by atoms with Crippen LogP contribution in [0.15, 0.2) is 180 Å². The van der Waals surface area contributed by atoms with E-state index in [-0.39, 0.29) is 0 Å². The number of rotatable bonds is 5. The van der Waals surface area contributed by atoms with E-state index in [2.05, 4.69) is 108 Å². The van der Waals surface area contributed by atoms with Crippen molar-refractivity contribution in [2.24, 2.45) is 0 Å². The molecule has 0 spiro atoms. The van der Waals surface area contributed by atoms with Crippen molar-refractivity contribution >= 4 is 54.5 Å². The summed E-state index contributed by atoms with van der Waals surface area (Å²) in [5.41, 5.74) is 8.16. The highest BCUT2D eigenvalue weighted by atomic mass is 16.3. The van der Waals surface area contributed by atoms with Crippen molar-refractivity contribution in [2.45, 2.75) is 0 Å². The van der Waals surface area contributed by atoms with E-state index < -0.39 is 0 Å². The minimum absolute atomic E-state index is 0.588. The molecule has 8 aromatic carbocycles. The number of furan rings is 1. The first-order chi connectivity index (χ1) is 26.8. The summed E-state index contributed by atoms with van der Waals surface area (Å²) < 4.78 is 8.91. The number of hydrogen-bond donors (Lipinski definition) is 0. The molecule has 0 saturated heterocycles. The van der Waals surface area contributed by atoms with Gasteiger partial charge in [0.15, 0.2) is 17.5 Å². The van der Waals surface area contributed by atoms with Crippen molar-refractivity contribution in [3.8, 4) is 51.2 Å². The van der Waals surface area contributed by atoms with Crippen LogP contribution in [0.3, 0.4) is 0 Å². The van der Waals surface area contributed by atoms with E-state index in [0.29, 0.717) is 17.5 Å². The lowest BCUT2D eigenvalue weighted by Crippen LogP contribution is -2.02. The maximum Gasteiger partial charge on any atom is 0.164 e. The number of para-hydroxylation sites is 2. The molecule has 11 aromatic rings. The second-order valence-electron chi connectivity index (χ2n) is 13.4. The lowest BCUT2D eigenvalue weighted by molar-refractivity contribution is 0.669. The summed E-state index contributed by atoms with van der Waals surface area (Å²) in [5.74, 6) is 2.62. The van der Waals surface area contributed by atoms with Gasteiger partial charge in [-0.2, -0.15) is 0 Å². The van der Waals surface area contributed by atoms with Crippen molar-refractivity contribution in [3.63, 3.8) is 0 Å². The van der Waals surface area contributed by atoms with Gasteiger partial charge < -0.3 is 4.42 Å². The lowest BCUT2D eigenvalue weighted by atomic mass is 10.00. The van der Waals surface area contributed by atoms with E-state index in [1.807, 2.05) is 72.8 Å². The Morgan fingerprint density at radius 3 is 1.61 bits per heavy atom. The van der Waals surface area contributed by atoms with Gasteiger partial charge in [0.05, 0.1) is 16.6 Å². The Morgan fingerprint density at radius 1 is 0.389 bits per heavy atom. The fourth-order valence-electron chi connectivity index (χ4n) is 7.78. The van der Waals surface area contributed by atoms with Crippen LogP contribution in [-0.2, 0) is 0 Å². The van der Waals surface area contributed by atoms with Gasteiger partial charge in [-0.25, -0.2) is 19.9 Å². The molecule has 252 valence electrons. The minimum Gasteiger partial charge on any atom is -0.455 e. The molecule has 11 rings (SSSR count). The zero-order chi connectivity index (χ0) is 35.6. The molecule has 0 N–H and O–H groups in total. The Labute approximate surface area is 309 Å². The van der Waals surface area contributed by atoms with Crippen LogP contribution in [0.25, 0.3) is 106 Å². The SMILES string of the molecule is c1ccc(-c2nc(-c3ccccc3)nc(-c3cccc(-n4c(-c5cccc6c5oc5ccccc56)nc5c6ccccc6c6ccccc6c54)c3)n2)cc1. The third-order valence-corrected chi connectivity index (χ3v) is 10.2. The van der Waals surface area contributed by atoms with Gasteiger partial charge in [-0.15, -0.1) is 0 Å². The van der Waals surface area contributed by atoms with Crippen LogP contribution in [0.5, 0.6) is 0 Å². The fraction of sp³-hybridized carbons (Fsp3) is 0. The third kappa shape index (κ3) is 4.74. The Hall–Kier alpha value is -7.44. The standard InChI is InChI=1S/C48H29N5O/c1-3-15-30(16-4-1)45-50-46(31-17-5-2-6-18-31)52-47(51-45)32-19-13-20-33(29-32)53-43-38-25-10-8-22-35(38)34-21-7-9-24-37(34)42(43)49-48(53)40-27-14-26-39-36-23-11-12-28-41(36)54-44(39)40/h1-29H. The van der Waals surface area contributed by atoms with Gasteiger partial charge in [0.25, 0.3) is 0 Å². The molecular weight excluding hydrogens is 663 g/mol. The summed E-state index contributed by atoms with van der Waals surface area (Å²) in [7, 11) is 0. The van der Waals surface area contributed by atoms with E-state index in [1.54, 1.807) is 0 Å². The Morgan fingerprint density at radius 2 is 0.907 bits per heavy atom. The third-order valence-electron chi connectivity index (χ3n) is 10.2. The maximum absolute atomic E-state index is 6.62. The maximum atomic E-state index is 6.62. The van der Waals surface area contributed by atoms with E-state index >= 15 is 0 Å². The average molecular weight is 692 g/mol. The highest BCUT2D eigenvalue weighted by molar-refractivity contribution is 6.24. The zero-order valence-electron chi connectivity index (χ0n) is 28.9. The molecule has 0 aliphatic heterocycles. The summed E-state index contributed by atoms with van der Waals surface area (Å²) in [4.78, 5) is 20.6. The number of aromatic nitrogens is 5. The summed E-state index contributed by atoms with van der Waals surface area (Å²) in [6.45, 7) is 0. The zero-order valence-corrected chi connectivity index (χ0v) is 28.9. The number of benzene rings is 8. The predicted octanol–water partition coefficient (Wildman–Crippen LogP) is 12.1. The van der Waals surface area contributed by atoms with Gasteiger partial charge >= 0.3 is 0 Å². The van der Waals surface area contributed by atoms with Crippen molar-refractivity contribution in [1.82, 2.24) is 24.5 Å². The number of imidazole rings is 1. The molecule has 0 atom stereocenters. The van der Waals surface area contributed by atoms with Gasteiger partial charge in [-0.1, -0.05) is 152 Å². The van der Waals surface area contributed by atoms with Crippen LogP contribution < -0.4 is 0 Å². The molecule has 3 aromatic heterocycles. The Bertz CT molecular complexity index is 3160. The van der Waals surface area contributed by atoms with Crippen molar-refractivity contribution < 1.29 is 4.42 Å². The Kier molecular flexibility index (Phi) is 6.75. The highest BCUT2D eigenvalue weighted by Crippen LogP contribution is 2.42. The molecule has 0 radical (unpaired) electrons. The summed E-state index contributed by atoms with van der Waals surface area (Å²) in [6, 6.07) is 60.2. The highest BCUT2D eigenvalue weighted by Gasteiger charge is 2.23. The van der Waals surface area contributed by atoms with Crippen molar-refractivity contribution in [3.05, 3.63) is 176 Å². The smallest absolute Gasteiger partial charge is 0.164 e. The first-order valence-electron chi connectivity index (χ1n) is 18.0. The van der Waals surface area contributed by atoms with Crippen LogP contribution in [-0.4, -0.2) is 24.5 Å². The minimum atomic E-state index is 0.588. The van der Waals surface area contributed by atoms with Crippen LogP contribution in [0.1, 0.15) is 0 Å². The second kappa shape index (κ2) is 12.1. The van der Waals surface area contributed by atoms with E-state index in [1.165, 1.54) is 10.8 Å². The molecular formula is C48H29N5O. The van der Waals surface area contributed by atoms with Gasteiger partial charge in [0.2, 0.25) is 0 Å². The molecule has 0 unspecified atom stereocenters. The van der Waals surface area contributed by atoms with Gasteiger partial charge in [-0.3, -0.25) is 4.57 Å². The number of fused-ring (bicyclic) bond motifs is 9. The largest absolute Gasteiger partial charge is 0.455 e. The summed E-state index contributed by atoms with van der Waals surface area (Å²) in [6.07, 6.45) is 0. The molecule has 0 bridgehead atoms. The number of nitrogens with zero attached hydrogens (tertiary/aromatic N) is 5. The average Bonchev–Trinajstić information content (AvgIpc) is 3.84. The summed E-state index contributed by atoms with van der Waals surface area (Å²) >= 11 is 0. The van der Waals surface area contributed by atoms with E-state index in [9.17, 15) is 0 Å². The van der Waals surface area contributed by atoms with Crippen LogP contribution >= 0.6 is 0 Å². The van der Waals surface area contributed by atoms with Crippen LogP contribution in [0, 0.1) is 0 Å². The van der Waals surface area contributed by atoms with Gasteiger partial charge in [-0.05, 0) is 35.0 Å². The normalized spacial score (nSPS) is 11.7. The molecule has 0 aliphatic carbocycles. The topological polar surface area (TPSA) is 69.6 Å². The monoisotopic (exact) mass is 691 g/mol. The van der Waals surface area contributed by atoms with Gasteiger partial charge in [0.1, 0.15) is 17.0 Å². The van der Waals surface area contributed by atoms with Crippen LogP contribution in [0.2, 0.25) is 0 Å². The summed E-state index contributed by atoms with van der Waals surface area (Å²) in [5, 5.41) is 6.68. The quantitative estimate of drug-likeness (QED) is 0.168. The van der Waals surface area contributed by atoms with Crippen molar-refractivity contribution in [2.75, 3.05) is 0 Å². The van der Waals surface area contributed by atoms with Crippen molar-refractivity contribution in [1.29, 1.82) is 0 Å². The number of hydrogen-bond acceptors (Lipinski definition) is 5. The predicted molar refractivity (Wildman–Crippen MR) is 218 cm³/mol. The molecule has 0 fully saturated rings. The second-order valence-corrected chi connectivity index (χ2v) is 13.4. The van der Waals surface area contributed by atoms with Crippen LogP contribution in [0.4, 0.5) is 0 Å². The molecule has 6 heteroatoms. The molecule has 3 heterocycles.